The quantitative estimate of drug-likeness (QED) is 0.879. The van der Waals surface area contributed by atoms with Crippen molar-refractivity contribution in [3.8, 4) is 0 Å². The van der Waals surface area contributed by atoms with Gasteiger partial charge in [-0.05, 0) is 31.5 Å². The first-order valence-electron chi connectivity index (χ1n) is 6.64. The smallest absolute Gasteiger partial charge is 0.329 e. The fourth-order valence-corrected chi connectivity index (χ4v) is 3.44. The molecule has 114 valence electrons. The average molecular weight is 316 g/mol. The molecular formula is C17H16O4S. The van der Waals surface area contributed by atoms with Crippen LogP contribution in [0.15, 0.2) is 59.5 Å². The van der Waals surface area contributed by atoms with Gasteiger partial charge >= 0.3 is 5.97 Å². The molecule has 4 nitrogen and oxygen atoms in total. The van der Waals surface area contributed by atoms with Crippen LogP contribution in [0.3, 0.4) is 0 Å². The van der Waals surface area contributed by atoms with Gasteiger partial charge in [0.1, 0.15) is 0 Å². The monoisotopic (exact) mass is 316 g/mol. The first-order valence-corrected chi connectivity index (χ1v) is 8.12. The SMILES string of the molecule is Cc1ccc(/C(=C\C(=O)O)S(=O)(=O)c2ccc(C)cc2)cc1. The second kappa shape index (κ2) is 6.15. The molecule has 2 aromatic rings. The van der Waals surface area contributed by atoms with E-state index in [0.717, 1.165) is 17.2 Å². The van der Waals surface area contributed by atoms with Crippen LogP contribution in [0, 0.1) is 13.8 Å². The lowest BCUT2D eigenvalue weighted by atomic mass is 10.1. The Labute approximate surface area is 129 Å². The van der Waals surface area contributed by atoms with Gasteiger partial charge in [-0.15, -0.1) is 0 Å². The zero-order valence-corrected chi connectivity index (χ0v) is 13.1. The van der Waals surface area contributed by atoms with E-state index < -0.39 is 15.8 Å². The minimum Gasteiger partial charge on any atom is -0.478 e. The Morgan fingerprint density at radius 3 is 1.82 bits per heavy atom. The summed E-state index contributed by atoms with van der Waals surface area (Å²) in [6.45, 7) is 3.73. The van der Waals surface area contributed by atoms with Crippen molar-refractivity contribution in [2.45, 2.75) is 18.7 Å². The zero-order chi connectivity index (χ0) is 16.3. The van der Waals surface area contributed by atoms with Gasteiger partial charge in [-0.2, -0.15) is 0 Å². The van der Waals surface area contributed by atoms with Crippen LogP contribution in [0.2, 0.25) is 0 Å². The van der Waals surface area contributed by atoms with E-state index >= 15 is 0 Å². The predicted octanol–water partition coefficient (Wildman–Crippen LogP) is 3.20. The molecule has 0 aliphatic rings. The van der Waals surface area contributed by atoms with Crippen molar-refractivity contribution < 1.29 is 18.3 Å². The number of carboxylic acid groups (broad SMARTS) is 1. The van der Waals surface area contributed by atoms with Crippen molar-refractivity contribution in [2.24, 2.45) is 0 Å². The summed E-state index contributed by atoms with van der Waals surface area (Å²) in [4.78, 5) is 10.9. The van der Waals surface area contributed by atoms with Gasteiger partial charge in [0.2, 0.25) is 9.84 Å². The molecular weight excluding hydrogens is 300 g/mol. The van der Waals surface area contributed by atoms with Crippen LogP contribution >= 0.6 is 0 Å². The van der Waals surface area contributed by atoms with Gasteiger partial charge in [-0.3, -0.25) is 0 Å². The molecule has 22 heavy (non-hydrogen) atoms. The Hall–Kier alpha value is -2.40. The first-order chi connectivity index (χ1) is 10.3. The summed E-state index contributed by atoms with van der Waals surface area (Å²) >= 11 is 0. The fraction of sp³-hybridized carbons (Fsp3) is 0.118. The molecule has 2 rings (SSSR count). The Kier molecular flexibility index (Phi) is 4.47. The van der Waals surface area contributed by atoms with Crippen LogP contribution in [0.25, 0.3) is 4.91 Å². The molecule has 0 bridgehead atoms. The van der Waals surface area contributed by atoms with Gasteiger partial charge in [-0.25, -0.2) is 13.2 Å². The molecule has 0 fully saturated rings. The number of sulfone groups is 1. The van der Waals surface area contributed by atoms with Gasteiger partial charge < -0.3 is 5.11 Å². The maximum atomic E-state index is 12.7. The average Bonchev–Trinajstić information content (AvgIpc) is 2.46. The number of benzene rings is 2. The Morgan fingerprint density at radius 2 is 1.36 bits per heavy atom. The third kappa shape index (κ3) is 3.43. The van der Waals surface area contributed by atoms with E-state index in [2.05, 4.69) is 0 Å². The molecule has 0 aliphatic carbocycles. The number of hydrogen-bond donors (Lipinski definition) is 1. The molecule has 0 aromatic heterocycles. The van der Waals surface area contributed by atoms with E-state index in [9.17, 15) is 13.2 Å². The summed E-state index contributed by atoms with van der Waals surface area (Å²) in [6.07, 6.45) is 0.736. The zero-order valence-electron chi connectivity index (χ0n) is 12.3. The highest BCUT2D eigenvalue weighted by Crippen LogP contribution is 2.28. The number of hydrogen-bond acceptors (Lipinski definition) is 3. The van der Waals surface area contributed by atoms with E-state index in [1.165, 1.54) is 12.1 Å². The number of rotatable bonds is 4. The Balaban J connectivity index is 2.61. The lowest BCUT2D eigenvalue weighted by molar-refractivity contribution is -0.131. The summed E-state index contributed by atoms with van der Waals surface area (Å²) in [6, 6.07) is 13.0. The van der Waals surface area contributed by atoms with E-state index in [1.54, 1.807) is 36.4 Å². The molecule has 0 atom stereocenters. The van der Waals surface area contributed by atoms with E-state index in [4.69, 9.17) is 5.11 Å². The third-order valence-electron chi connectivity index (χ3n) is 3.21. The number of carbonyl (C=O) groups is 1. The molecule has 5 heteroatoms. The summed E-state index contributed by atoms with van der Waals surface area (Å²) < 4.78 is 25.5. The minimum absolute atomic E-state index is 0.0752. The highest BCUT2D eigenvalue weighted by atomic mass is 32.2. The van der Waals surface area contributed by atoms with Crippen LogP contribution in [-0.4, -0.2) is 19.5 Å². The molecule has 0 saturated heterocycles. The van der Waals surface area contributed by atoms with Crippen molar-refractivity contribution in [3.05, 3.63) is 71.3 Å². The second-order valence-electron chi connectivity index (χ2n) is 5.03. The second-order valence-corrected chi connectivity index (χ2v) is 6.95. The van der Waals surface area contributed by atoms with Gasteiger partial charge in [0.25, 0.3) is 0 Å². The van der Waals surface area contributed by atoms with E-state index in [-0.39, 0.29) is 9.80 Å². The van der Waals surface area contributed by atoms with Gasteiger partial charge in [-0.1, -0.05) is 47.5 Å². The largest absolute Gasteiger partial charge is 0.478 e. The number of aryl methyl sites for hydroxylation is 2. The lowest BCUT2D eigenvalue weighted by Crippen LogP contribution is -2.07. The molecule has 0 saturated carbocycles. The molecule has 0 aliphatic heterocycles. The van der Waals surface area contributed by atoms with Crippen LogP contribution in [0.4, 0.5) is 0 Å². The highest BCUT2D eigenvalue weighted by Gasteiger charge is 2.23. The summed E-state index contributed by atoms with van der Waals surface area (Å²) in [7, 11) is -3.90. The van der Waals surface area contributed by atoms with Crippen molar-refractivity contribution in [1.29, 1.82) is 0 Å². The van der Waals surface area contributed by atoms with Crippen LogP contribution in [0.1, 0.15) is 16.7 Å². The number of carboxylic acids is 1. The van der Waals surface area contributed by atoms with Crippen LogP contribution in [-0.2, 0) is 14.6 Å². The maximum absolute atomic E-state index is 12.7. The topological polar surface area (TPSA) is 71.4 Å². The molecule has 0 spiro atoms. The molecule has 2 aromatic carbocycles. The van der Waals surface area contributed by atoms with Crippen LogP contribution in [0.5, 0.6) is 0 Å². The van der Waals surface area contributed by atoms with Crippen molar-refractivity contribution >= 4 is 20.7 Å². The van der Waals surface area contributed by atoms with Crippen LogP contribution < -0.4 is 0 Å². The first kappa shape index (κ1) is 16.0. The van der Waals surface area contributed by atoms with Gasteiger partial charge in [0.05, 0.1) is 9.80 Å². The molecule has 1 N–H and O–H groups in total. The molecule has 0 amide bonds. The van der Waals surface area contributed by atoms with Gasteiger partial charge in [0.15, 0.2) is 0 Å². The van der Waals surface area contributed by atoms with Gasteiger partial charge in [0, 0.05) is 6.08 Å². The van der Waals surface area contributed by atoms with Crippen molar-refractivity contribution in [2.75, 3.05) is 0 Å². The highest BCUT2D eigenvalue weighted by molar-refractivity contribution is 8.00. The Bertz CT molecular complexity index is 814. The predicted molar refractivity (Wildman–Crippen MR) is 85.2 cm³/mol. The fourth-order valence-electron chi connectivity index (χ4n) is 1.99. The van der Waals surface area contributed by atoms with E-state index in [1.807, 2.05) is 13.8 Å². The number of aliphatic carboxylic acids is 1. The minimum atomic E-state index is -3.90. The third-order valence-corrected chi connectivity index (χ3v) is 5.04. The molecule has 0 unspecified atom stereocenters. The Morgan fingerprint density at radius 1 is 0.909 bits per heavy atom. The molecule has 0 radical (unpaired) electrons. The summed E-state index contributed by atoms with van der Waals surface area (Å²) in [5.74, 6) is -1.30. The molecule has 0 heterocycles. The van der Waals surface area contributed by atoms with E-state index in [0.29, 0.717) is 5.56 Å². The summed E-state index contributed by atoms with van der Waals surface area (Å²) in [5, 5.41) is 9.01. The lowest BCUT2D eigenvalue weighted by Gasteiger charge is -2.10. The maximum Gasteiger partial charge on any atom is 0.329 e. The summed E-state index contributed by atoms with van der Waals surface area (Å²) in [5.41, 5.74) is 2.25. The van der Waals surface area contributed by atoms with Crippen molar-refractivity contribution in [1.82, 2.24) is 0 Å². The standard InChI is InChI=1S/C17H16O4S/c1-12-3-7-14(8-4-12)16(11-17(18)19)22(20,21)15-9-5-13(2)6-10-15/h3-11H,1-2H3,(H,18,19)/b16-11+. The normalized spacial score (nSPS) is 12.2. The van der Waals surface area contributed by atoms with Crippen molar-refractivity contribution in [3.63, 3.8) is 0 Å².